The number of carbonyl (C=O) groups is 1. The molecule has 0 saturated carbocycles. The first-order chi connectivity index (χ1) is 19.4. The molecule has 222 valence electrons. The van der Waals surface area contributed by atoms with Crippen LogP contribution < -0.4 is 15.2 Å². The quantitative estimate of drug-likeness (QED) is 0.360. The molecule has 0 amide bonds. The lowest BCUT2D eigenvalue weighted by Crippen LogP contribution is -2.48. The van der Waals surface area contributed by atoms with Gasteiger partial charge in [0.2, 0.25) is 20.0 Å². The topological polar surface area (TPSA) is 178 Å². The Morgan fingerprint density at radius 1 is 1.27 bits per heavy atom. The fraction of sp³-hybridized carbons (Fsp3) is 0.462. The maximum atomic E-state index is 14.0. The van der Waals surface area contributed by atoms with Crippen molar-refractivity contribution in [1.82, 2.24) is 9.62 Å². The summed E-state index contributed by atoms with van der Waals surface area (Å²) >= 11 is 0. The Morgan fingerprint density at radius 2 is 2.02 bits per heavy atom. The molecular weight excluding hydrogens is 579 g/mol. The fourth-order valence-corrected chi connectivity index (χ4v) is 7.42. The summed E-state index contributed by atoms with van der Waals surface area (Å²) in [5.74, 6) is -2.15. The number of allylic oxidation sites excluding steroid dienone is 5. The van der Waals surface area contributed by atoms with Gasteiger partial charge in [-0.05, 0) is 37.5 Å². The molecule has 1 unspecified atom stereocenters. The molecule has 0 radical (unpaired) electrons. The molecule has 2 saturated heterocycles. The van der Waals surface area contributed by atoms with Crippen LogP contribution in [-0.2, 0) is 29.6 Å². The van der Waals surface area contributed by atoms with Crippen LogP contribution in [0.2, 0.25) is 0 Å². The number of ether oxygens (including phenoxy) is 2. The molecule has 0 bridgehead atoms. The van der Waals surface area contributed by atoms with Gasteiger partial charge in [0.15, 0.2) is 5.78 Å². The molecule has 0 aromatic heterocycles. The van der Waals surface area contributed by atoms with E-state index in [1.54, 1.807) is 6.07 Å². The van der Waals surface area contributed by atoms with E-state index in [1.165, 1.54) is 40.7 Å². The number of carbonyl (C=O) groups excluding carboxylic acids is 1. The smallest absolute Gasteiger partial charge is 0.248 e. The second-order valence-electron chi connectivity index (χ2n) is 10.4. The number of primary sulfonamides is 1. The number of hydrogen-bond donors (Lipinski definition) is 3. The Hall–Kier alpha value is -2.79. The van der Waals surface area contributed by atoms with Crippen LogP contribution in [-0.4, -0.2) is 88.3 Å². The average molecular weight is 611 g/mol. The van der Waals surface area contributed by atoms with E-state index in [1.807, 2.05) is 0 Å². The zero-order valence-electron chi connectivity index (χ0n) is 22.0. The van der Waals surface area contributed by atoms with Gasteiger partial charge in [-0.3, -0.25) is 9.79 Å². The van der Waals surface area contributed by atoms with Crippen LogP contribution >= 0.6 is 0 Å². The number of aliphatic imine (C=N–C) groups is 1. The molecule has 3 atom stereocenters. The Labute approximate surface area is 237 Å². The van der Waals surface area contributed by atoms with Gasteiger partial charge in [0.05, 0.1) is 34.9 Å². The van der Waals surface area contributed by atoms with Crippen molar-refractivity contribution in [3.8, 4) is 5.75 Å². The third kappa shape index (κ3) is 6.35. The molecule has 15 heteroatoms. The van der Waals surface area contributed by atoms with Crippen LogP contribution in [0, 0.1) is 5.92 Å². The highest BCUT2D eigenvalue weighted by Gasteiger charge is 2.47. The lowest BCUT2D eigenvalue weighted by atomic mass is 9.88. The minimum Gasteiger partial charge on any atom is -0.491 e. The predicted molar refractivity (Wildman–Crippen MR) is 146 cm³/mol. The molecule has 1 aromatic carbocycles. The third-order valence-corrected chi connectivity index (χ3v) is 10.4. The van der Waals surface area contributed by atoms with Crippen molar-refractivity contribution in [3.63, 3.8) is 0 Å². The second kappa shape index (κ2) is 11.5. The van der Waals surface area contributed by atoms with Crippen LogP contribution in [0.25, 0.3) is 0 Å². The van der Waals surface area contributed by atoms with Crippen molar-refractivity contribution < 1.29 is 40.6 Å². The molecule has 2 fully saturated rings. The number of nitrogens with one attached hydrogen (secondary N) is 1. The molecule has 4 N–H and O–H groups in total. The minimum absolute atomic E-state index is 0.0741. The standard InChI is InChI=1S/C26H31FN4O8S2/c27-22-6-2-5-21-24(22)30-14-23(25(21)33)41(36,37)31-9-7-26(8-10-31)12-17(15-39-26)29-13-18(32)16-38-19-3-1-4-20(11-19)40(28,34)35/h1-6,11,14,17-18,21,29,32H,7-10,12-13,15-16H2,(H2,28,34,35)/t17-,18+,21?/m1/s1. The number of halogens is 1. The monoisotopic (exact) mass is 610 g/mol. The maximum Gasteiger partial charge on any atom is 0.248 e. The van der Waals surface area contributed by atoms with Crippen LogP contribution in [0.4, 0.5) is 4.39 Å². The fourth-order valence-electron chi connectivity index (χ4n) is 5.36. The second-order valence-corrected chi connectivity index (χ2v) is 13.9. The number of aliphatic hydroxyl groups is 1. The van der Waals surface area contributed by atoms with Gasteiger partial charge in [-0.15, -0.1) is 0 Å². The maximum absolute atomic E-state index is 14.0. The van der Waals surface area contributed by atoms with Gasteiger partial charge in [-0.2, -0.15) is 4.31 Å². The van der Waals surface area contributed by atoms with Gasteiger partial charge >= 0.3 is 0 Å². The van der Waals surface area contributed by atoms with E-state index >= 15 is 0 Å². The number of hydrogen-bond acceptors (Lipinski definition) is 10. The van der Waals surface area contributed by atoms with Crippen LogP contribution in [0.5, 0.6) is 5.75 Å². The lowest BCUT2D eigenvalue weighted by Gasteiger charge is -2.38. The molecule has 12 nitrogen and oxygen atoms in total. The number of rotatable bonds is 9. The summed E-state index contributed by atoms with van der Waals surface area (Å²) < 4.78 is 76.4. The minimum atomic E-state index is -4.12. The van der Waals surface area contributed by atoms with Gasteiger partial charge in [-0.25, -0.2) is 26.4 Å². The Morgan fingerprint density at radius 3 is 2.76 bits per heavy atom. The van der Waals surface area contributed by atoms with E-state index in [4.69, 9.17) is 14.6 Å². The highest BCUT2D eigenvalue weighted by molar-refractivity contribution is 7.94. The Bertz CT molecular complexity index is 1550. The van der Waals surface area contributed by atoms with Gasteiger partial charge in [0, 0.05) is 31.7 Å². The summed E-state index contributed by atoms with van der Waals surface area (Å²) in [6.07, 6.45) is 5.51. The highest BCUT2D eigenvalue weighted by Crippen LogP contribution is 2.38. The van der Waals surface area contributed by atoms with Crippen molar-refractivity contribution in [2.75, 3.05) is 32.8 Å². The lowest BCUT2D eigenvalue weighted by molar-refractivity contribution is -0.115. The SMILES string of the molecule is NS(=O)(=O)c1cccc(OC[C@@H](O)CN[C@H]2COC3(CCN(S(=O)(=O)C4=CN=C5C(F)=CC=CC5C4=O)CC3)C2)c1. The molecule has 3 aliphatic heterocycles. The van der Waals surface area contributed by atoms with Crippen molar-refractivity contribution in [3.05, 3.63) is 59.4 Å². The first-order valence-corrected chi connectivity index (χ1v) is 16.0. The number of Topliss-reactive ketones (excluding diaryl/α,β-unsaturated/α-hetero) is 1. The van der Waals surface area contributed by atoms with E-state index in [2.05, 4.69) is 10.3 Å². The van der Waals surface area contributed by atoms with Crippen molar-refractivity contribution in [2.45, 2.75) is 41.9 Å². The number of fused-ring (bicyclic) bond motifs is 1. The van der Waals surface area contributed by atoms with E-state index in [0.717, 1.165) is 6.20 Å². The molecule has 5 rings (SSSR count). The number of piperidine rings is 1. The molecule has 1 aliphatic carbocycles. The van der Waals surface area contributed by atoms with Gasteiger partial charge < -0.3 is 19.9 Å². The average Bonchev–Trinajstić information content (AvgIpc) is 3.33. The first-order valence-electron chi connectivity index (χ1n) is 13.1. The summed E-state index contributed by atoms with van der Waals surface area (Å²) in [5, 5.41) is 18.7. The molecule has 1 spiro atoms. The van der Waals surface area contributed by atoms with E-state index in [-0.39, 0.29) is 48.6 Å². The van der Waals surface area contributed by atoms with E-state index in [9.17, 15) is 31.1 Å². The van der Waals surface area contributed by atoms with Gasteiger partial charge in [0.25, 0.3) is 0 Å². The van der Waals surface area contributed by atoms with Crippen molar-refractivity contribution >= 4 is 31.5 Å². The summed E-state index contributed by atoms with van der Waals surface area (Å²) in [6.45, 7) is 0.805. The number of ketones is 1. The molecule has 3 heterocycles. The number of nitrogens with two attached hydrogens (primary N) is 1. The normalized spacial score (nSPS) is 25.3. The highest BCUT2D eigenvalue weighted by atomic mass is 32.2. The Kier molecular flexibility index (Phi) is 8.31. The third-order valence-electron chi connectivity index (χ3n) is 7.61. The van der Waals surface area contributed by atoms with Crippen molar-refractivity contribution in [2.24, 2.45) is 16.0 Å². The molecule has 4 aliphatic rings. The Balaban J connectivity index is 1.10. The number of benzene rings is 1. The largest absolute Gasteiger partial charge is 0.491 e. The number of sulfonamides is 2. The van der Waals surface area contributed by atoms with E-state index < -0.39 is 54.2 Å². The summed E-state index contributed by atoms with van der Waals surface area (Å²) in [7, 11) is -7.99. The molecule has 41 heavy (non-hydrogen) atoms. The van der Waals surface area contributed by atoms with Crippen LogP contribution in [0.1, 0.15) is 19.3 Å². The summed E-state index contributed by atoms with van der Waals surface area (Å²) in [5.41, 5.74) is -0.616. The van der Waals surface area contributed by atoms with Crippen LogP contribution in [0.3, 0.4) is 0 Å². The summed E-state index contributed by atoms with van der Waals surface area (Å²) in [4.78, 5) is 16.3. The van der Waals surface area contributed by atoms with Gasteiger partial charge in [-0.1, -0.05) is 18.2 Å². The predicted octanol–water partition coefficient (Wildman–Crippen LogP) is 0.521. The molecule has 1 aromatic rings. The number of nitrogens with zero attached hydrogens (tertiary/aromatic N) is 2. The van der Waals surface area contributed by atoms with Crippen molar-refractivity contribution in [1.29, 1.82) is 0 Å². The van der Waals surface area contributed by atoms with E-state index in [0.29, 0.717) is 25.9 Å². The van der Waals surface area contributed by atoms with Crippen LogP contribution in [0.15, 0.2) is 69.3 Å². The molecular formula is C26H31FN4O8S2. The zero-order valence-corrected chi connectivity index (χ0v) is 23.6. The number of aliphatic hydroxyl groups excluding tert-OH is 1. The zero-order chi connectivity index (χ0) is 29.4. The van der Waals surface area contributed by atoms with Gasteiger partial charge in [0.1, 0.15) is 29.2 Å². The summed E-state index contributed by atoms with van der Waals surface area (Å²) in [6, 6.07) is 5.61. The first kappa shape index (κ1) is 29.7.